The minimum absolute atomic E-state index is 0.0332. The molecule has 0 saturated carbocycles. The molecule has 0 saturated heterocycles. The van der Waals surface area contributed by atoms with Crippen LogP contribution in [-0.4, -0.2) is 48.7 Å². The van der Waals surface area contributed by atoms with Crippen LogP contribution in [0.5, 0.6) is 0 Å². The normalized spacial score (nSPS) is 14.5. The summed E-state index contributed by atoms with van der Waals surface area (Å²) in [7, 11) is 0.761. The van der Waals surface area contributed by atoms with E-state index in [1.807, 2.05) is 5.32 Å². The molecule has 1 N–H and O–H groups in total. The molecule has 2 aromatic carbocycles. The molecule has 0 aliphatic heterocycles. The number of likely N-dealkylation sites (N-methyl/N-ethyl adjacent to an activating group) is 1. The zero-order valence-electron chi connectivity index (χ0n) is 21.1. The fraction of sp³-hybridized carbons (Fsp3) is 0.360. The summed E-state index contributed by atoms with van der Waals surface area (Å²) in [6, 6.07) is 1.28. The number of carbonyl (C=O) groups excluding carboxylic acids is 2. The second-order valence-electron chi connectivity index (χ2n) is 8.93. The molecule has 0 heterocycles. The Labute approximate surface area is 236 Å². The molecule has 2 aromatic rings. The van der Waals surface area contributed by atoms with Gasteiger partial charge in [-0.3, -0.25) is 9.59 Å². The Kier molecular flexibility index (Phi) is 10.4. The summed E-state index contributed by atoms with van der Waals surface area (Å²) in [5.41, 5.74) is -4.30. The van der Waals surface area contributed by atoms with Crippen molar-refractivity contribution in [2.75, 3.05) is 13.6 Å². The summed E-state index contributed by atoms with van der Waals surface area (Å²) in [5.74, 6) is -7.18. The first kappa shape index (κ1) is 34.2. The number of carbonyl (C=O) groups is 2. The predicted octanol–water partition coefficient (Wildman–Crippen LogP) is 8.12. The number of alkyl halides is 9. The van der Waals surface area contributed by atoms with Crippen molar-refractivity contribution in [1.29, 1.82) is 0 Å². The van der Waals surface area contributed by atoms with Gasteiger partial charge in [0.25, 0.3) is 5.91 Å². The van der Waals surface area contributed by atoms with E-state index in [0.717, 1.165) is 26.1 Å². The lowest BCUT2D eigenvalue weighted by Gasteiger charge is -2.23. The second-order valence-corrected chi connectivity index (χ2v) is 9.72. The molecule has 41 heavy (non-hydrogen) atoms. The minimum atomic E-state index is -5.33. The largest absolute Gasteiger partial charge is 0.417 e. The number of aryl methyl sites for hydroxylation is 1. The molecule has 4 nitrogen and oxygen atoms in total. The number of benzene rings is 2. The van der Waals surface area contributed by atoms with Crippen LogP contribution in [0.15, 0.2) is 36.4 Å². The first-order valence-corrected chi connectivity index (χ1v) is 12.0. The van der Waals surface area contributed by atoms with Gasteiger partial charge in [0.15, 0.2) is 0 Å². The van der Waals surface area contributed by atoms with Crippen molar-refractivity contribution >= 4 is 40.8 Å². The van der Waals surface area contributed by atoms with Crippen molar-refractivity contribution in [3.8, 4) is 0 Å². The van der Waals surface area contributed by atoms with E-state index in [0.29, 0.717) is 12.1 Å². The number of rotatable bonds is 7. The van der Waals surface area contributed by atoms with Crippen LogP contribution in [0.25, 0.3) is 5.83 Å². The maximum Gasteiger partial charge on any atom is 0.417 e. The van der Waals surface area contributed by atoms with E-state index in [1.165, 1.54) is 6.92 Å². The van der Waals surface area contributed by atoms with E-state index in [4.69, 9.17) is 23.2 Å². The Morgan fingerprint density at radius 3 is 2.07 bits per heavy atom. The first-order chi connectivity index (χ1) is 18.5. The number of halogens is 12. The lowest BCUT2D eigenvalue weighted by Crippen LogP contribution is -2.48. The Morgan fingerprint density at radius 1 is 1.00 bits per heavy atom. The maximum absolute atomic E-state index is 15.0. The summed E-state index contributed by atoms with van der Waals surface area (Å²) < 4.78 is 135. The highest BCUT2D eigenvalue weighted by Gasteiger charge is 2.41. The van der Waals surface area contributed by atoms with Gasteiger partial charge in [0, 0.05) is 12.6 Å². The first-order valence-electron chi connectivity index (χ1n) is 11.3. The molecule has 2 rings (SSSR count). The van der Waals surface area contributed by atoms with Crippen LogP contribution < -0.4 is 5.32 Å². The van der Waals surface area contributed by atoms with Crippen LogP contribution in [0.4, 0.5) is 43.9 Å². The van der Waals surface area contributed by atoms with E-state index in [-0.39, 0.29) is 32.7 Å². The van der Waals surface area contributed by atoms with Gasteiger partial charge in [-0.1, -0.05) is 35.3 Å². The third-order valence-corrected chi connectivity index (χ3v) is 6.51. The highest BCUT2D eigenvalue weighted by molar-refractivity contribution is 6.42. The van der Waals surface area contributed by atoms with Crippen LogP contribution >= 0.6 is 23.2 Å². The molecule has 0 aliphatic rings. The fourth-order valence-electron chi connectivity index (χ4n) is 3.69. The predicted molar refractivity (Wildman–Crippen MR) is 131 cm³/mol. The smallest absolute Gasteiger partial charge is 0.341 e. The molecule has 0 aliphatic carbocycles. The van der Waals surface area contributed by atoms with Gasteiger partial charge in [0.1, 0.15) is 24.3 Å². The molecule has 0 aromatic heterocycles. The van der Waals surface area contributed by atoms with E-state index < -0.39 is 76.9 Å². The van der Waals surface area contributed by atoms with Gasteiger partial charge in [-0.25, -0.2) is 4.39 Å². The average Bonchev–Trinajstić information content (AvgIpc) is 2.82. The van der Waals surface area contributed by atoms with Crippen molar-refractivity contribution in [1.82, 2.24) is 10.2 Å². The van der Waals surface area contributed by atoms with E-state index >= 15 is 4.39 Å². The number of amides is 2. The number of nitrogens with one attached hydrogen (secondary N) is 1. The SMILES string of the molecule is Cc1cc(C(/C=C(\F)c2ccc(C(=O)NC(C)C(=O)N(C)CC(F)(F)F)c(C(F)(F)F)c2)C(F)(F)F)cc(Cl)c1Cl. The van der Waals surface area contributed by atoms with Gasteiger partial charge >= 0.3 is 18.5 Å². The monoisotopic (exact) mass is 640 g/mol. The Morgan fingerprint density at radius 2 is 1.59 bits per heavy atom. The van der Waals surface area contributed by atoms with Crippen molar-refractivity contribution in [2.24, 2.45) is 0 Å². The Balaban J connectivity index is 2.47. The molecule has 2 amide bonds. The van der Waals surface area contributed by atoms with Gasteiger partial charge in [-0.15, -0.1) is 0 Å². The number of hydrogen-bond acceptors (Lipinski definition) is 2. The standard InChI is InChI=1S/C25H20Cl2F10N2O2/c1-11-6-14(8-18(26)20(11)27)16(24(32,33)34)9-19(28)13-4-5-15(17(7-13)25(35,36)37)21(40)38-12(2)22(41)39(3)10-23(29,30)31/h4-9,12,16H,10H2,1-3H3,(H,38,40)/b19-9-. The zero-order valence-corrected chi connectivity index (χ0v) is 22.6. The fourth-order valence-corrected chi connectivity index (χ4v) is 4.08. The minimum Gasteiger partial charge on any atom is -0.341 e. The van der Waals surface area contributed by atoms with Crippen LogP contribution in [0.2, 0.25) is 10.0 Å². The summed E-state index contributed by atoms with van der Waals surface area (Å²) in [6.45, 7) is 0.577. The third-order valence-electron chi connectivity index (χ3n) is 5.61. The molecule has 0 fully saturated rings. The van der Waals surface area contributed by atoms with Gasteiger partial charge in [0.2, 0.25) is 5.91 Å². The molecule has 0 bridgehead atoms. The van der Waals surface area contributed by atoms with Gasteiger partial charge < -0.3 is 10.2 Å². The summed E-state index contributed by atoms with van der Waals surface area (Å²) in [4.78, 5) is 24.8. The molecule has 0 spiro atoms. The quantitative estimate of drug-likeness (QED) is 0.311. The van der Waals surface area contributed by atoms with Crippen molar-refractivity contribution in [3.63, 3.8) is 0 Å². The Bertz CT molecular complexity index is 1310. The number of hydrogen-bond donors (Lipinski definition) is 1. The zero-order chi connectivity index (χ0) is 31.7. The van der Waals surface area contributed by atoms with E-state index in [1.54, 1.807) is 0 Å². The second kappa shape index (κ2) is 12.5. The number of allylic oxidation sites excluding steroid dienone is 1. The topological polar surface area (TPSA) is 49.4 Å². The van der Waals surface area contributed by atoms with Gasteiger partial charge in [-0.2, -0.15) is 39.5 Å². The molecule has 2 atom stereocenters. The van der Waals surface area contributed by atoms with E-state index in [2.05, 4.69) is 0 Å². The summed E-state index contributed by atoms with van der Waals surface area (Å²) >= 11 is 11.7. The highest BCUT2D eigenvalue weighted by Crippen LogP contribution is 2.42. The third kappa shape index (κ3) is 8.99. The number of nitrogens with zero attached hydrogens (tertiary/aromatic N) is 1. The molecule has 2 unspecified atom stereocenters. The molecule has 16 heteroatoms. The van der Waals surface area contributed by atoms with Crippen LogP contribution in [-0.2, 0) is 11.0 Å². The summed E-state index contributed by atoms with van der Waals surface area (Å²) in [5, 5.41) is 1.52. The Hall–Kier alpha value is -3.00. The van der Waals surface area contributed by atoms with Crippen molar-refractivity contribution in [3.05, 3.63) is 74.3 Å². The summed E-state index contributed by atoms with van der Waals surface area (Å²) in [6.07, 6.45) is -15.2. The van der Waals surface area contributed by atoms with Crippen LogP contribution in [0.1, 0.15) is 45.5 Å². The lowest BCUT2D eigenvalue weighted by atomic mass is 9.94. The van der Waals surface area contributed by atoms with Crippen LogP contribution in [0, 0.1) is 6.92 Å². The van der Waals surface area contributed by atoms with E-state index in [9.17, 15) is 49.1 Å². The maximum atomic E-state index is 15.0. The molecular formula is C25H20Cl2F10N2O2. The molecule has 226 valence electrons. The highest BCUT2D eigenvalue weighted by atomic mass is 35.5. The van der Waals surface area contributed by atoms with Crippen LogP contribution in [0.3, 0.4) is 0 Å². The molecule has 0 radical (unpaired) electrons. The van der Waals surface area contributed by atoms with Crippen molar-refractivity contribution in [2.45, 2.75) is 44.3 Å². The van der Waals surface area contributed by atoms with Gasteiger partial charge in [-0.05, 0) is 49.2 Å². The lowest BCUT2D eigenvalue weighted by molar-refractivity contribution is -0.159. The average molecular weight is 641 g/mol. The van der Waals surface area contributed by atoms with Gasteiger partial charge in [0.05, 0.1) is 21.2 Å². The van der Waals surface area contributed by atoms with Crippen molar-refractivity contribution < 1.29 is 53.5 Å². The molecular weight excluding hydrogens is 621 g/mol.